The van der Waals surface area contributed by atoms with Gasteiger partial charge in [0.05, 0.1) is 31.8 Å². The Morgan fingerprint density at radius 1 is 0.800 bits per heavy atom. The van der Waals surface area contributed by atoms with Crippen LogP contribution in [0.5, 0.6) is 0 Å². The topological polar surface area (TPSA) is 112 Å². The zero-order valence-electron chi connectivity index (χ0n) is 7.57. The molecule has 2 N–H and O–H groups in total. The summed E-state index contributed by atoms with van der Waals surface area (Å²) in [6, 6.07) is 0. The van der Waals surface area contributed by atoms with Gasteiger partial charge in [-0.05, 0) is 0 Å². The molecule has 0 aliphatic carbocycles. The average Bonchev–Trinajstić information content (AvgIpc) is 2.15. The van der Waals surface area contributed by atoms with Gasteiger partial charge in [-0.3, -0.25) is 18.1 Å². The van der Waals surface area contributed by atoms with Crippen molar-refractivity contribution in [2.24, 2.45) is 5.41 Å². The van der Waals surface area contributed by atoms with Gasteiger partial charge in [-0.25, -0.2) is 9.13 Å². The van der Waals surface area contributed by atoms with E-state index in [1.807, 2.05) is 0 Å². The van der Waals surface area contributed by atoms with E-state index in [-0.39, 0.29) is 26.4 Å². The molecule has 10 heteroatoms. The van der Waals surface area contributed by atoms with Crippen molar-refractivity contribution < 1.29 is 37.0 Å². The fraction of sp³-hybridized carbons (Fsp3) is 1.00. The lowest BCUT2D eigenvalue weighted by molar-refractivity contribution is -0.0878. The van der Waals surface area contributed by atoms with Gasteiger partial charge in [0, 0.05) is 0 Å². The normalized spacial score (nSPS) is 51.9. The summed E-state index contributed by atoms with van der Waals surface area (Å²) in [5, 5.41) is 0. The number of phosphoric ester groups is 2. The summed E-state index contributed by atoms with van der Waals surface area (Å²) >= 11 is 0. The SMILES string of the molecule is O=P1(O)OCC2(CO1)COP(=O)(O)OC2. The van der Waals surface area contributed by atoms with E-state index in [9.17, 15) is 9.13 Å². The van der Waals surface area contributed by atoms with Crippen LogP contribution in [0.1, 0.15) is 0 Å². The molecule has 0 aromatic rings. The molecule has 0 amide bonds. The third-order valence-corrected chi connectivity index (χ3v) is 3.96. The van der Waals surface area contributed by atoms with Crippen LogP contribution in [0.25, 0.3) is 0 Å². The summed E-state index contributed by atoms with van der Waals surface area (Å²) in [6.07, 6.45) is 0. The largest absolute Gasteiger partial charge is 0.472 e. The quantitative estimate of drug-likeness (QED) is 0.597. The Morgan fingerprint density at radius 3 is 1.33 bits per heavy atom. The summed E-state index contributed by atoms with van der Waals surface area (Å²) in [4.78, 5) is 17.8. The molecule has 2 rings (SSSR count). The first-order valence-corrected chi connectivity index (χ1v) is 7.06. The molecule has 2 fully saturated rings. The molecule has 2 aliphatic heterocycles. The minimum absolute atomic E-state index is 0.110. The van der Waals surface area contributed by atoms with Gasteiger partial charge in [0.1, 0.15) is 0 Å². The van der Waals surface area contributed by atoms with Crippen molar-refractivity contribution in [1.82, 2.24) is 0 Å². The first-order chi connectivity index (χ1) is 6.83. The van der Waals surface area contributed by atoms with Crippen molar-refractivity contribution in [2.75, 3.05) is 26.4 Å². The second-order valence-corrected chi connectivity index (χ2v) is 6.44. The number of rotatable bonds is 0. The molecule has 8 nitrogen and oxygen atoms in total. The van der Waals surface area contributed by atoms with Crippen LogP contribution in [-0.4, -0.2) is 36.2 Å². The summed E-state index contributed by atoms with van der Waals surface area (Å²) in [6.45, 7) is -0.441. The molecule has 0 bridgehead atoms. The van der Waals surface area contributed by atoms with Crippen LogP contribution in [0.15, 0.2) is 0 Å². The molecular weight excluding hydrogens is 250 g/mol. The highest BCUT2D eigenvalue weighted by Gasteiger charge is 2.48. The molecule has 0 unspecified atom stereocenters. The van der Waals surface area contributed by atoms with Crippen LogP contribution < -0.4 is 0 Å². The molecule has 0 saturated carbocycles. The number of hydrogen-bond donors (Lipinski definition) is 2. The van der Waals surface area contributed by atoms with E-state index in [0.717, 1.165) is 0 Å². The van der Waals surface area contributed by atoms with Crippen molar-refractivity contribution >= 4 is 15.6 Å². The van der Waals surface area contributed by atoms with Crippen molar-refractivity contribution in [2.45, 2.75) is 0 Å². The van der Waals surface area contributed by atoms with E-state index >= 15 is 0 Å². The van der Waals surface area contributed by atoms with Gasteiger partial charge < -0.3 is 9.79 Å². The first-order valence-electron chi connectivity index (χ1n) is 4.06. The standard InChI is InChI=1S/C5H10O8P2/c6-14(7)10-1-5(2-11-14)3-12-15(8,9)13-4-5/h1-4H2,(H,6,7)(H,8,9). The predicted octanol–water partition coefficient (Wildman–Crippen LogP) is 0.267. The maximum Gasteiger partial charge on any atom is 0.472 e. The van der Waals surface area contributed by atoms with E-state index in [0.29, 0.717) is 0 Å². The van der Waals surface area contributed by atoms with Crippen molar-refractivity contribution in [3.05, 3.63) is 0 Å². The minimum Gasteiger partial charge on any atom is -0.302 e. The molecule has 0 aromatic carbocycles. The van der Waals surface area contributed by atoms with Crippen molar-refractivity contribution in [1.29, 1.82) is 0 Å². The molecular formula is C5H10O8P2. The van der Waals surface area contributed by atoms with Crippen molar-refractivity contribution in [3.8, 4) is 0 Å². The summed E-state index contributed by atoms with van der Waals surface area (Å²) in [5.41, 5.74) is -0.784. The monoisotopic (exact) mass is 260 g/mol. The lowest BCUT2D eigenvalue weighted by Crippen LogP contribution is -2.45. The second-order valence-electron chi connectivity index (χ2n) is 3.53. The smallest absolute Gasteiger partial charge is 0.302 e. The maximum atomic E-state index is 10.9. The lowest BCUT2D eigenvalue weighted by Gasteiger charge is -2.40. The predicted molar refractivity (Wildman–Crippen MR) is 45.9 cm³/mol. The van der Waals surface area contributed by atoms with Crippen LogP contribution >= 0.6 is 15.6 Å². The van der Waals surface area contributed by atoms with Crippen LogP contribution in [0.3, 0.4) is 0 Å². The van der Waals surface area contributed by atoms with Gasteiger partial charge in [0.15, 0.2) is 0 Å². The fourth-order valence-corrected chi connectivity index (χ4v) is 3.10. The number of phosphoric acid groups is 2. The van der Waals surface area contributed by atoms with Gasteiger partial charge in [-0.2, -0.15) is 0 Å². The van der Waals surface area contributed by atoms with E-state index in [1.165, 1.54) is 0 Å². The third kappa shape index (κ3) is 2.67. The molecule has 88 valence electrons. The van der Waals surface area contributed by atoms with Gasteiger partial charge in [0.2, 0.25) is 0 Å². The second kappa shape index (κ2) is 3.61. The summed E-state index contributed by atoms with van der Waals surface area (Å²) in [7, 11) is -7.91. The molecule has 0 atom stereocenters. The molecule has 0 aromatic heterocycles. The van der Waals surface area contributed by atoms with Crippen LogP contribution in [-0.2, 0) is 27.2 Å². The Balaban J connectivity index is 2.01. The Kier molecular flexibility index (Phi) is 2.82. The van der Waals surface area contributed by atoms with Gasteiger partial charge in [-0.15, -0.1) is 0 Å². The number of hydrogen-bond acceptors (Lipinski definition) is 6. The molecule has 2 saturated heterocycles. The third-order valence-electron chi connectivity index (χ3n) is 2.14. The van der Waals surface area contributed by atoms with Gasteiger partial charge >= 0.3 is 15.6 Å². The molecule has 1 spiro atoms. The summed E-state index contributed by atoms with van der Waals surface area (Å²) < 4.78 is 40.2. The first kappa shape index (κ1) is 11.7. The maximum absolute atomic E-state index is 10.9. The fourth-order valence-electron chi connectivity index (χ4n) is 1.20. The molecule has 2 aliphatic rings. The zero-order chi connectivity index (χ0) is 11.2. The summed E-state index contributed by atoms with van der Waals surface area (Å²) in [5.74, 6) is 0. The Bertz CT molecular complexity index is 291. The highest BCUT2D eigenvalue weighted by atomic mass is 31.2. The van der Waals surface area contributed by atoms with Crippen LogP contribution in [0.4, 0.5) is 0 Å². The zero-order valence-corrected chi connectivity index (χ0v) is 9.36. The highest BCUT2D eigenvalue weighted by molar-refractivity contribution is 7.47. The van der Waals surface area contributed by atoms with Gasteiger partial charge in [-0.1, -0.05) is 0 Å². The minimum atomic E-state index is -3.95. The highest BCUT2D eigenvalue weighted by Crippen LogP contribution is 2.55. The Labute approximate surface area is 85.3 Å². The molecule has 0 radical (unpaired) electrons. The lowest BCUT2D eigenvalue weighted by atomic mass is 9.93. The van der Waals surface area contributed by atoms with Crippen molar-refractivity contribution in [3.63, 3.8) is 0 Å². The van der Waals surface area contributed by atoms with Crippen LogP contribution in [0.2, 0.25) is 0 Å². The average molecular weight is 260 g/mol. The van der Waals surface area contributed by atoms with E-state index < -0.39 is 21.1 Å². The van der Waals surface area contributed by atoms with Crippen LogP contribution in [0, 0.1) is 5.41 Å². The van der Waals surface area contributed by atoms with Gasteiger partial charge in [0.25, 0.3) is 0 Å². The van der Waals surface area contributed by atoms with E-state index in [1.54, 1.807) is 0 Å². The Morgan fingerprint density at radius 2 is 1.07 bits per heavy atom. The molecule has 2 heterocycles. The molecule has 15 heavy (non-hydrogen) atoms. The van der Waals surface area contributed by atoms with E-state index in [2.05, 4.69) is 18.1 Å². The van der Waals surface area contributed by atoms with E-state index in [4.69, 9.17) is 9.79 Å². The Hall–Kier alpha value is 0.220.